The Labute approximate surface area is 161 Å². The smallest absolute Gasteiger partial charge is 0.250 e. The number of carbonyl (C=O) groups is 1. The monoisotopic (exact) mass is 384 g/mol. The number of imidazole rings is 1. The number of amides is 1. The van der Waals surface area contributed by atoms with Crippen LogP contribution in [0.5, 0.6) is 11.5 Å². The molecule has 8 heteroatoms. The van der Waals surface area contributed by atoms with Gasteiger partial charge in [0.25, 0.3) is 0 Å². The van der Waals surface area contributed by atoms with Crippen LogP contribution < -0.4 is 14.8 Å². The van der Waals surface area contributed by atoms with Gasteiger partial charge in [-0.15, -0.1) is 0 Å². The lowest BCUT2D eigenvalue weighted by Crippen LogP contribution is -2.07. The number of hydrogen-bond donors (Lipinski definition) is 1. The Kier molecular flexibility index (Phi) is 5.56. The van der Waals surface area contributed by atoms with Crippen molar-refractivity contribution in [2.75, 3.05) is 19.5 Å². The van der Waals surface area contributed by atoms with Gasteiger partial charge in [0.2, 0.25) is 5.91 Å². The second kappa shape index (κ2) is 8.05. The van der Waals surface area contributed by atoms with Crippen LogP contribution in [-0.2, 0) is 11.8 Å². The number of nitrogens with zero attached hydrogens (tertiary/aromatic N) is 3. The van der Waals surface area contributed by atoms with Crippen LogP contribution in [0.25, 0.3) is 16.8 Å². The van der Waals surface area contributed by atoms with Crippen molar-refractivity contribution in [2.45, 2.75) is 6.92 Å². The van der Waals surface area contributed by atoms with E-state index in [1.54, 1.807) is 44.7 Å². The predicted molar refractivity (Wildman–Crippen MR) is 106 cm³/mol. The average Bonchev–Trinajstić information content (AvgIpc) is 3.24. The van der Waals surface area contributed by atoms with E-state index in [1.807, 2.05) is 24.7 Å². The summed E-state index contributed by atoms with van der Waals surface area (Å²) in [5.74, 6) is 1.88. The minimum Gasteiger partial charge on any atom is -0.497 e. The highest BCUT2D eigenvalue weighted by molar-refractivity contribution is 7.19. The van der Waals surface area contributed by atoms with Crippen LogP contribution in [0.4, 0.5) is 5.13 Å². The Bertz CT molecular complexity index is 991. The number of hydrogen-bond acceptors (Lipinski definition) is 6. The molecule has 0 aliphatic rings. The molecule has 3 aromatic rings. The number of nitrogens with one attached hydrogen (secondary N) is 1. The summed E-state index contributed by atoms with van der Waals surface area (Å²) in [6, 6.07) is 5.39. The Morgan fingerprint density at radius 3 is 2.78 bits per heavy atom. The molecule has 2 aromatic heterocycles. The molecule has 7 nitrogen and oxygen atoms in total. The maximum absolute atomic E-state index is 12.3. The van der Waals surface area contributed by atoms with Gasteiger partial charge >= 0.3 is 0 Å². The molecule has 0 unspecified atom stereocenters. The number of benzene rings is 1. The highest BCUT2D eigenvalue weighted by atomic mass is 32.1. The van der Waals surface area contributed by atoms with Crippen LogP contribution in [-0.4, -0.2) is 34.7 Å². The zero-order chi connectivity index (χ0) is 19.4. The summed E-state index contributed by atoms with van der Waals surface area (Å²) >= 11 is 1.39. The molecular weight excluding hydrogens is 364 g/mol. The number of methoxy groups -OCH3 is 2. The van der Waals surface area contributed by atoms with E-state index >= 15 is 0 Å². The molecule has 1 amide bonds. The molecule has 3 rings (SSSR count). The topological polar surface area (TPSA) is 78.3 Å². The standard InChI is InChI=1S/C19H20N4O3S/c1-12-17(18-20-9-10-23(18)2)27-19(21-12)22-16(24)8-5-13-11-14(25-3)6-7-15(13)26-4/h5-11H,1-4H3,(H,21,22,24). The molecule has 0 spiro atoms. The number of carbonyl (C=O) groups excluding carboxylic acids is 1. The quantitative estimate of drug-likeness (QED) is 0.658. The lowest BCUT2D eigenvalue weighted by Gasteiger charge is -2.07. The van der Waals surface area contributed by atoms with E-state index in [-0.39, 0.29) is 5.91 Å². The molecule has 0 fully saturated rings. The molecule has 0 bridgehead atoms. The second-order valence-electron chi connectivity index (χ2n) is 5.73. The number of anilines is 1. The summed E-state index contributed by atoms with van der Waals surface area (Å²) in [6.45, 7) is 1.90. The summed E-state index contributed by atoms with van der Waals surface area (Å²) < 4.78 is 12.4. The number of rotatable bonds is 6. The Morgan fingerprint density at radius 2 is 2.11 bits per heavy atom. The molecular formula is C19H20N4O3S. The van der Waals surface area contributed by atoms with Gasteiger partial charge in [0.1, 0.15) is 11.5 Å². The molecule has 2 heterocycles. The molecule has 0 aliphatic heterocycles. The lowest BCUT2D eigenvalue weighted by molar-refractivity contribution is -0.111. The van der Waals surface area contributed by atoms with Crippen LogP contribution in [0, 0.1) is 6.92 Å². The van der Waals surface area contributed by atoms with Crippen molar-refractivity contribution < 1.29 is 14.3 Å². The maximum Gasteiger partial charge on any atom is 0.250 e. The molecule has 0 aliphatic carbocycles. The first-order valence-electron chi connectivity index (χ1n) is 8.18. The van der Waals surface area contributed by atoms with Crippen molar-refractivity contribution in [1.82, 2.24) is 14.5 Å². The van der Waals surface area contributed by atoms with Crippen molar-refractivity contribution in [1.29, 1.82) is 0 Å². The van der Waals surface area contributed by atoms with Gasteiger partial charge in [0, 0.05) is 31.1 Å². The van der Waals surface area contributed by atoms with Crippen molar-refractivity contribution in [3.8, 4) is 22.2 Å². The van der Waals surface area contributed by atoms with E-state index in [0.717, 1.165) is 22.0 Å². The van der Waals surface area contributed by atoms with E-state index in [0.29, 0.717) is 16.6 Å². The zero-order valence-corrected chi connectivity index (χ0v) is 16.3. The highest BCUT2D eigenvalue weighted by Crippen LogP contribution is 2.31. The molecule has 0 saturated carbocycles. The number of aryl methyl sites for hydroxylation is 2. The van der Waals surface area contributed by atoms with Crippen LogP contribution in [0.15, 0.2) is 36.7 Å². The SMILES string of the molecule is COc1ccc(OC)c(C=CC(=O)Nc2nc(C)c(-c3nccn3C)s2)c1. The maximum atomic E-state index is 12.3. The first kappa shape index (κ1) is 18.7. The Morgan fingerprint density at radius 1 is 1.30 bits per heavy atom. The summed E-state index contributed by atoms with van der Waals surface area (Å²) in [5, 5.41) is 3.32. The first-order chi connectivity index (χ1) is 13.0. The summed E-state index contributed by atoms with van der Waals surface area (Å²) in [6.07, 6.45) is 6.72. The van der Waals surface area contributed by atoms with Gasteiger partial charge in [0.15, 0.2) is 11.0 Å². The fourth-order valence-electron chi connectivity index (χ4n) is 2.52. The second-order valence-corrected chi connectivity index (χ2v) is 6.72. The largest absolute Gasteiger partial charge is 0.497 e. The summed E-state index contributed by atoms with van der Waals surface area (Å²) in [4.78, 5) is 22.0. The van der Waals surface area contributed by atoms with Gasteiger partial charge in [-0.05, 0) is 31.2 Å². The minimum atomic E-state index is -0.278. The fraction of sp³-hybridized carbons (Fsp3) is 0.211. The van der Waals surface area contributed by atoms with Crippen molar-refractivity contribution in [3.63, 3.8) is 0 Å². The lowest BCUT2D eigenvalue weighted by atomic mass is 10.1. The van der Waals surface area contributed by atoms with E-state index in [9.17, 15) is 4.79 Å². The molecule has 140 valence electrons. The van der Waals surface area contributed by atoms with Crippen LogP contribution in [0.1, 0.15) is 11.3 Å². The van der Waals surface area contributed by atoms with E-state index < -0.39 is 0 Å². The van der Waals surface area contributed by atoms with Crippen LogP contribution >= 0.6 is 11.3 Å². The minimum absolute atomic E-state index is 0.278. The predicted octanol–water partition coefficient (Wildman–Crippen LogP) is 3.52. The van der Waals surface area contributed by atoms with Crippen molar-refractivity contribution >= 4 is 28.5 Å². The van der Waals surface area contributed by atoms with E-state index in [4.69, 9.17) is 9.47 Å². The summed E-state index contributed by atoms with van der Waals surface area (Å²) in [5.41, 5.74) is 1.57. The Balaban J connectivity index is 1.75. The average molecular weight is 384 g/mol. The van der Waals surface area contributed by atoms with Gasteiger partial charge in [-0.25, -0.2) is 9.97 Å². The fourth-order valence-corrected chi connectivity index (χ4v) is 3.53. The number of aromatic nitrogens is 3. The van der Waals surface area contributed by atoms with Crippen LogP contribution in [0.3, 0.4) is 0 Å². The first-order valence-corrected chi connectivity index (χ1v) is 8.99. The molecule has 1 N–H and O–H groups in total. The normalized spacial score (nSPS) is 11.0. The molecule has 0 radical (unpaired) electrons. The van der Waals surface area contributed by atoms with Gasteiger partial charge in [-0.3, -0.25) is 10.1 Å². The number of thiazole rings is 1. The van der Waals surface area contributed by atoms with E-state index in [2.05, 4.69) is 15.3 Å². The van der Waals surface area contributed by atoms with Gasteiger partial charge in [0.05, 0.1) is 24.8 Å². The summed E-state index contributed by atoms with van der Waals surface area (Å²) in [7, 11) is 5.09. The van der Waals surface area contributed by atoms with Gasteiger partial charge in [-0.1, -0.05) is 11.3 Å². The number of ether oxygens (including phenoxy) is 2. The Hall–Kier alpha value is -3.13. The molecule has 27 heavy (non-hydrogen) atoms. The zero-order valence-electron chi connectivity index (χ0n) is 15.5. The molecule has 0 atom stereocenters. The van der Waals surface area contributed by atoms with Gasteiger partial charge in [-0.2, -0.15) is 0 Å². The third kappa shape index (κ3) is 4.17. The van der Waals surface area contributed by atoms with Crippen molar-refractivity contribution in [3.05, 3.63) is 47.9 Å². The molecule has 0 saturated heterocycles. The van der Waals surface area contributed by atoms with Crippen LogP contribution in [0.2, 0.25) is 0 Å². The third-order valence-corrected chi connectivity index (χ3v) is 4.97. The highest BCUT2D eigenvalue weighted by Gasteiger charge is 2.14. The van der Waals surface area contributed by atoms with Crippen molar-refractivity contribution in [2.24, 2.45) is 7.05 Å². The van der Waals surface area contributed by atoms with Gasteiger partial charge < -0.3 is 14.0 Å². The van der Waals surface area contributed by atoms with E-state index in [1.165, 1.54) is 17.4 Å². The molecule has 1 aromatic carbocycles. The third-order valence-electron chi connectivity index (χ3n) is 3.90.